The van der Waals surface area contributed by atoms with Gasteiger partial charge in [0.1, 0.15) is 17.6 Å². The minimum atomic E-state index is -5.22. The molecule has 1 unspecified atom stereocenters. The number of hydrogen-bond acceptors (Lipinski definition) is 1. The van der Waals surface area contributed by atoms with Gasteiger partial charge >= 0.3 is 12.4 Å². The van der Waals surface area contributed by atoms with E-state index in [-0.39, 0.29) is 12.1 Å². The van der Waals surface area contributed by atoms with Gasteiger partial charge in [0.25, 0.3) is 11.8 Å². The first-order valence-electron chi connectivity index (χ1n) is 9.77. The first-order valence-corrected chi connectivity index (χ1v) is 10.1. The zero-order valence-corrected chi connectivity index (χ0v) is 17.9. The Balaban J connectivity index is 1.96. The summed E-state index contributed by atoms with van der Waals surface area (Å²) >= 11 is 5.48. The topological polar surface area (TPSA) is 29.1 Å². The molecule has 1 saturated carbocycles. The largest absolute Gasteiger partial charge is 0.417 e. The highest BCUT2D eigenvalue weighted by Gasteiger charge is 2.46. The van der Waals surface area contributed by atoms with Gasteiger partial charge in [0.2, 0.25) is 0 Å². The summed E-state index contributed by atoms with van der Waals surface area (Å²) < 4.78 is 135. The van der Waals surface area contributed by atoms with Crippen LogP contribution in [0.4, 0.5) is 43.9 Å². The summed E-state index contributed by atoms with van der Waals surface area (Å²) in [5.41, 5.74) is -4.27. The molecule has 2 aromatic carbocycles. The molecule has 13 heteroatoms. The van der Waals surface area contributed by atoms with Gasteiger partial charge in [0, 0.05) is 24.4 Å². The Labute approximate surface area is 196 Å². The van der Waals surface area contributed by atoms with E-state index < -0.39 is 87.9 Å². The molecule has 1 amide bonds. The molecule has 1 fully saturated rings. The van der Waals surface area contributed by atoms with Crippen LogP contribution >= 0.6 is 11.6 Å². The maximum Gasteiger partial charge on any atom is 0.417 e. The van der Waals surface area contributed by atoms with E-state index in [1.165, 1.54) is 0 Å². The van der Waals surface area contributed by atoms with E-state index in [4.69, 9.17) is 11.6 Å². The molecule has 0 aromatic heterocycles. The monoisotopic (exact) mass is 533 g/mol. The van der Waals surface area contributed by atoms with Crippen LogP contribution in [0.5, 0.6) is 0 Å². The zero-order chi connectivity index (χ0) is 26.3. The van der Waals surface area contributed by atoms with Crippen LogP contribution in [0.1, 0.15) is 45.8 Å². The van der Waals surface area contributed by atoms with Crippen molar-refractivity contribution in [2.24, 2.45) is 0 Å². The summed E-state index contributed by atoms with van der Waals surface area (Å²) in [6, 6.07) is 2.19. The molecular weight excluding hydrogens is 520 g/mol. The molecule has 0 bridgehead atoms. The second kappa shape index (κ2) is 9.36. The Morgan fingerprint density at radius 2 is 1.69 bits per heavy atom. The maximum atomic E-state index is 14.7. The van der Waals surface area contributed by atoms with Gasteiger partial charge in [-0.25, -0.2) is 17.6 Å². The van der Waals surface area contributed by atoms with Crippen molar-refractivity contribution in [3.8, 4) is 0 Å². The number of amides is 1. The molecule has 0 radical (unpaired) electrons. The number of benzene rings is 2. The summed E-state index contributed by atoms with van der Waals surface area (Å²) in [5.74, 6) is -9.81. The molecule has 0 saturated heterocycles. The lowest BCUT2D eigenvalue weighted by atomic mass is 9.88. The van der Waals surface area contributed by atoms with Gasteiger partial charge in [-0.2, -0.15) is 26.3 Å². The third-order valence-corrected chi connectivity index (χ3v) is 5.53. The molecule has 190 valence electrons. The van der Waals surface area contributed by atoms with Crippen molar-refractivity contribution in [1.29, 1.82) is 0 Å². The average molecular weight is 534 g/mol. The van der Waals surface area contributed by atoms with Crippen LogP contribution in [0, 0.1) is 5.82 Å². The lowest BCUT2D eigenvalue weighted by Gasteiger charge is -2.35. The van der Waals surface area contributed by atoms with Crippen molar-refractivity contribution < 1.29 is 48.7 Å². The molecule has 1 aliphatic rings. The van der Waals surface area contributed by atoms with Crippen LogP contribution in [0.15, 0.2) is 42.5 Å². The average Bonchev–Trinajstić information content (AvgIpc) is 2.70. The predicted octanol–water partition coefficient (Wildman–Crippen LogP) is 7.68. The second-order valence-electron chi connectivity index (χ2n) is 7.90. The highest BCUT2D eigenvalue weighted by Crippen LogP contribution is 2.41. The summed E-state index contributed by atoms with van der Waals surface area (Å²) in [4.78, 5) is 12.2. The van der Waals surface area contributed by atoms with Crippen molar-refractivity contribution in [2.75, 3.05) is 0 Å². The van der Waals surface area contributed by atoms with Crippen molar-refractivity contribution >= 4 is 23.3 Å². The second-order valence-corrected chi connectivity index (χ2v) is 8.31. The molecule has 0 heterocycles. The van der Waals surface area contributed by atoms with Crippen LogP contribution in [0.3, 0.4) is 0 Å². The Kier molecular flexibility index (Phi) is 7.18. The van der Waals surface area contributed by atoms with Crippen molar-refractivity contribution in [3.05, 3.63) is 75.6 Å². The third-order valence-electron chi connectivity index (χ3n) is 5.24. The van der Waals surface area contributed by atoms with Crippen LogP contribution in [0.2, 0.25) is 5.02 Å². The standard InChI is InChI=1S/C22H14ClF10NO/c23-16-6-10(2-4-17(16)24)14(21(28,29)30)7-18(25)11-1-3-13(15(5-11)22(31,32)33)19(35)34-12-8-20(26,27)9-12/h1-7,12,14H,8-9H2,(H,34,35)/b18-7-. The Morgan fingerprint density at radius 3 is 2.20 bits per heavy atom. The molecule has 2 nitrogen and oxygen atoms in total. The molecule has 2 aromatic rings. The Morgan fingerprint density at radius 1 is 1.06 bits per heavy atom. The van der Waals surface area contributed by atoms with Crippen LogP contribution in [-0.2, 0) is 6.18 Å². The van der Waals surface area contributed by atoms with Crippen molar-refractivity contribution in [3.63, 3.8) is 0 Å². The number of carbonyl (C=O) groups is 1. The number of halogens is 11. The number of rotatable bonds is 5. The van der Waals surface area contributed by atoms with E-state index >= 15 is 0 Å². The fraction of sp³-hybridized carbons (Fsp3) is 0.318. The van der Waals surface area contributed by atoms with Gasteiger partial charge < -0.3 is 5.32 Å². The summed E-state index contributed by atoms with van der Waals surface area (Å²) in [5, 5.41) is 1.34. The van der Waals surface area contributed by atoms with E-state index in [2.05, 4.69) is 0 Å². The molecule has 0 spiro atoms. The van der Waals surface area contributed by atoms with Crippen LogP contribution in [0.25, 0.3) is 5.83 Å². The number of hydrogen-bond donors (Lipinski definition) is 1. The Hall–Kier alpha value is -2.76. The molecule has 1 aliphatic carbocycles. The van der Waals surface area contributed by atoms with Crippen molar-refractivity contribution in [1.82, 2.24) is 5.32 Å². The number of nitrogens with one attached hydrogen (secondary N) is 1. The first-order chi connectivity index (χ1) is 16.0. The minimum absolute atomic E-state index is 0.00472. The van der Waals surface area contributed by atoms with Gasteiger partial charge in [-0.3, -0.25) is 4.79 Å². The molecule has 35 heavy (non-hydrogen) atoms. The van der Waals surface area contributed by atoms with Crippen LogP contribution < -0.4 is 5.32 Å². The van der Waals surface area contributed by atoms with Gasteiger partial charge in [-0.05, 0) is 35.9 Å². The van der Waals surface area contributed by atoms with Crippen molar-refractivity contribution in [2.45, 2.75) is 43.1 Å². The fourth-order valence-corrected chi connectivity index (χ4v) is 3.67. The third kappa shape index (κ3) is 6.28. The normalized spacial score (nSPS) is 17.6. The summed E-state index contributed by atoms with van der Waals surface area (Å²) in [6.45, 7) is 0. The van der Waals surface area contributed by atoms with E-state index in [0.29, 0.717) is 30.3 Å². The highest BCUT2D eigenvalue weighted by atomic mass is 35.5. The smallest absolute Gasteiger partial charge is 0.349 e. The lowest BCUT2D eigenvalue weighted by Crippen LogP contribution is -2.50. The first kappa shape index (κ1) is 26.8. The van der Waals surface area contributed by atoms with E-state index in [1.807, 2.05) is 5.32 Å². The fourth-order valence-electron chi connectivity index (χ4n) is 3.48. The SMILES string of the molecule is O=C(NC1CC(F)(F)C1)c1ccc(/C(F)=C/C(c2ccc(F)c(Cl)c2)C(F)(F)F)cc1C(F)(F)F. The van der Waals surface area contributed by atoms with E-state index in [9.17, 15) is 48.7 Å². The number of carbonyl (C=O) groups excluding carboxylic acids is 1. The van der Waals surface area contributed by atoms with Gasteiger partial charge in [0.15, 0.2) is 0 Å². The molecule has 1 N–H and O–H groups in total. The van der Waals surface area contributed by atoms with Gasteiger partial charge in [-0.15, -0.1) is 0 Å². The maximum absolute atomic E-state index is 14.7. The lowest BCUT2D eigenvalue weighted by molar-refractivity contribution is -0.140. The van der Waals surface area contributed by atoms with Gasteiger partial charge in [0.05, 0.1) is 16.1 Å². The van der Waals surface area contributed by atoms with Crippen LogP contribution in [-0.4, -0.2) is 24.0 Å². The quantitative estimate of drug-likeness (QED) is 0.392. The summed E-state index contributed by atoms with van der Waals surface area (Å²) in [7, 11) is 0. The van der Waals surface area contributed by atoms with Gasteiger partial charge in [-0.1, -0.05) is 23.7 Å². The molecule has 3 rings (SSSR count). The minimum Gasteiger partial charge on any atom is -0.349 e. The Bertz CT molecular complexity index is 1150. The molecule has 0 aliphatic heterocycles. The molecular formula is C22H14ClF10NO. The number of alkyl halides is 8. The molecule has 1 atom stereocenters. The van der Waals surface area contributed by atoms with E-state index in [1.54, 1.807) is 0 Å². The summed E-state index contributed by atoms with van der Waals surface area (Å²) in [6.07, 6.45) is -11.9. The highest BCUT2D eigenvalue weighted by molar-refractivity contribution is 6.30. The predicted molar refractivity (Wildman–Crippen MR) is 106 cm³/mol. The number of allylic oxidation sites excluding steroid dienone is 1. The van der Waals surface area contributed by atoms with E-state index in [0.717, 1.165) is 0 Å². The zero-order valence-electron chi connectivity index (χ0n) is 17.2.